The third-order valence-electron chi connectivity index (χ3n) is 3.41. The highest BCUT2D eigenvalue weighted by Crippen LogP contribution is 2.36. The van der Waals surface area contributed by atoms with Crippen molar-refractivity contribution in [2.75, 3.05) is 0 Å². The van der Waals surface area contributed by atoms with E-state index in [1.807, 2.05) is 27.7 Å². The van der Waals surface area contributed by atoms with E-state index in [-0.39, 0.29) is 16.7 Å². The van der Waals surface area contributed by atoms with Gasteiger partial charge in [-0.25, -0.2) is 18.3 Å². The Morgan fingerprint density at radius 3 is 2.64 bits per heavy atom. The van der Waals surface area contributed by atoms with Gasteiger partial charge >= 0.3 is 0 Å². The van der Waals surface area contributed by atoms with Crippen LogP contribution in [-0.2, 0) is 11.0 Å². The van der Waals surface area contributed by atoms with Crippen molar-refractivity contribution in [2.45, 2.75) is 44.9 Å². The van der Waals surface area contributed by atoms with Gasteiger partial charge in [0.15, 0.2) is 11.6 Å². The van der Waals surface area contributed by atoms with Crippen LogP contribution in [0.15, 0.2) is 30.7 Å². The van der Waals surface area contributed by atoms with Gasteiger partial charge in [-0.2, -0.15) is 0 Å². The molecule has 2 atom stereocenters. The molecule has 0 spiro atoms. The van der Waals surface area contributed by atoms with Gasteiger partial charge < -0.3 is 4.74 Å². The van der Waals surface area contributed by atoms with Gasteiger partial charge in [0.25, 0.3) is 0 Å². The van der Waals surface area contributed by atoms with Crippen LogP contribution in [0.4, 0.5) is 4.39 Å². The molecular weight excluding hydrogens is 365 g/mol. The lowest BCUT2D eigenvalue weighted by atomic mass is 10.0. The molecule has 2 rings (SSSR count). The van der Waals surface area contributed by atoms with Crippen LogP contribution in [0.5, 0.6) is 11.6 Å². The molecule has 136 valence electrons. The minimum atomic E-state index is -1.34. The smallest absolute Gasteiger partial charge is 0.238 e. The van der Waals surface area contributed by atoms with Crippen LogP contribution in [0, 0.1) is 5.82 Å². The topological polar surface area (TPSA) is 64.1 Å². The van der Waals surface area contributed by atoms with E-state index in [1.165, 1.54) is 18.6 Å². The number of hydrogen-bond donors (Lipinski definition) is 1. The Balaban J connectivity index is 2.35. The minimum absolute atomic E-state index is 0.124. The van der Waals surface area contributed by atoms with Crippen LogP contribution in [0.2, 0.25) is 5.02 Å². The Kier molecular flexibility index (Phi) is 6.48. The van der Waals surface area contributed by atoms with Crippen molar-refractivity contribution in [1.82, 2.24) is 14.7 Å². The van der Waals surface area contributed by atoms with Gasteiger partial charge in [-0.15, -0.1) is 0 Å². The molecule has 0 saturated carbocycles. The number of benzene rings is 1. The summed E-state index contributed by atoms with van der Waals surface area (Å²) in [6, 6.07) is 2.68. The molecule has 0 radical (unpaired) electrons. The fraction of sp³-hybridized carbons (Fsp3) is 0.412. The summed E-state index contributed by atoms with van der Waals surface area (Å²) in [5.74, 6) is -0.593. The second kappa shape index (κ2) is 8.21. The van der Waals surface area contributed by atoms with Crippen LogP contribution >= 0.6 is 11.6 Å². The zero-order valence-corrected chi connectivity index (χ0v) is 16.1. The Morgan fingerprint density at radius 1 is 1.36 bits per heavy atom. The van der Waals surface area contributed by atoms with Gasteiger partial charge in [0.2, 0.25) is 5.88 Å². The van der Waals surface area contributed by atoms with E-state index in [0.717, 1.165) is 0 Å². The van der Waals surface area contributed by atoms with Crippen molar-refractivity contribution in [3.8, 4) is 11.6 Å². The van der Waals surface area contributed by atoms with E-state index in [0.29, 0.717) is 12.0 Å². The summed E-state index contributed by atoms with van der Waals surface area (Å²) < 4.78 is 35.4. The first-order chi connectivity index (χ1) is 11.7. The summed E-state index contributed by atoms with van der Waals surface area (Å²) in [4.78, 5) is 7.83. The van der Waals surface area contributed by atoms with Gasteiger partial charge in [0.05, 0.1) is 27.0 Å². The third kappa shape index (κ3) is 4.96. The predicted octanol–water partition coefficient (Wildman–Crippen LogP) is 4.56. The number of aromatic nitrogens is 2. The average molecular weight is 386 g/mol. The van der Waals surface area contributed by atoms with Crippen LogP contribution in [0.1, 0.15) is 45.7 Å². The highest BCUT2D eigenvalue weighted by atomic mass is 35.5. The third-order valence-corrected chi connectivity index (χ3v) is 5.32. The van der Waals surface area contributed by atoms with Crippen molar-refractivity contribution < 1.29 is 13.3 Å². The molecule has 0 amide bonds. The summed E-state index contributed by atoms with van der Waals surface area (Å²) in [5, 5.41) is 0.124. The molecule has 1 aromatic carbocycles. The molecule has 8 heteroatoms. The second-order valence-corrected chi connectivity index (χ2v) is 8.79. The Labute approximate surface area is 154 Å². The SMILES string of the molecule is CC[C@@H](N[S@](=O)C(C)(C)C)c1ccc(Cl)c(Oc2cnccn2)c1F. The van der Waals surface area contributed by atoms with E-state index in [2.05, 4.69) is 14.7 Å². The standard InChI is InChI=1S/C17H21ClFN3O2S/c1-5-13(22-25(23)17(2,3)4)11-6-7-12(18)16(15(11)19)24-14-10-20-8-9-21-14/h6-10,13,22H,5H2,1-4H3/t13-,25-/m1/s1. The largest absolute Gasteiger partial charge is 0.433 e. The number of ether oxygens (including phenoxy) is 1. The molecular formula is C17H21ClFN3O2S. The van der Waals surface area contributed by atoms with Crippen molar-refractivity contribution in [2.24, 2.45) is 0 Å². The maximum atomic E-state index is 15.0. The Bertz CT molecular complexity index is 754. The first-order valence-electron chi connectivity index (χ1n) is 7.83. The number of hydrogen-bond acceptors (Lipinski definition) is 4. The van der Waals surface area contributed by atoms with Crippen molar-refractivity contribution in [3.63, 3.8) is 0 Å². The molecule has 0 aliphatic carbocycles. The summed E-state index contributed by atoms with van der Waals surface area (Å²) in [7, 11) is -1.34. The number of halogens is 2. The fourth-order valence-electron chi connectivity index (χ4n) is 2.03. The molecule has 0 aliphatic rings. The van der Waals surface area contributed by atoms with Crippen LogP contribution < -0.4 is 9.46 Å². The highest BCUT2D eigenvalue weighted by Gasteiger charge is 2.26. The molecule has 0 unspecified atom stereocenters. The zero-order valence-electron chi connectivity index (χ0n) is 14.5. The molecule has 25 heavy (non-hydrogen) atoms. The molecule has 5 nitrogen and oxygen atoms in total. The van der Waals surface area contributed by atoms with Crippen molar-refractivity contribution in [3.05, 3.63) is 47.1 Å². The van der Waals surface area contributed by atoms with Crippen LogP contribution in [-0.4, -0.2) is 18.9 Å². The summed E-state index contributed by atoms with van der Waals surface area (Å²) in [6.45, 7) is 7.44. The molecule has 0 bridgehead atoms. The molecule has 1 aromatic heterocycles. The molecule has 1 N–H and O–H groups in total. The molecule has 0 fully saturated rings. The lowest BCUT2D eigenvalue weighted by Gasteiger charge is -2.24. The Hall–Kier alpha value is -1.57. The molecule has 0 saturated heterocycles. The summed E-state index contributed by atoms with van der Waals surface area (Å²) >= 11 is 6.08. The first-order valence-corrected chi connectivity index (χ1v) is 9.36. The summed E-state index contributed by atoms with van der Waals surface area (Å²) in [6.07, 6.45) is 4.84. The van der Waals surface area contributed by atoms with Gasteiger partial charge in [-0.3, -0.25) is 4.98 Å². The van der Waals surface area contributed by atoms with E-state index < -0.39 is 27.6 Å². The van der Waals surface area contributed by atoms with Crippen molar-refractivity contribution in [1.29, 1.82) is 0 Å². The Morgan fingerprint density at radius 2 is 2.08 bits per heavy atom. The minimum Gasteiger partial charge on any atom is -0.433 e. The van der Waals surface area contributed by atoms with Crippen molar-refractivity contribution >= 4 is 22.6 Å². The molecule has 1 heterocycles. The van der Waals surface area contributed by atoms with Gasteiger partial charge in [-0.1, -0.05) is 24.6 Å². The lowest BCUT2D eigenvalue weighted by molar-refractivity contribution is 0.417. The monoisotopic (exact) mass is 385 g/mol. The normalized spacial score (nSPS) is 14.2. The zero-order chi connectivity index (χ0) is 18.6. The van der Waals surface area contributed by atoms with Crippen LogP contribution in [0.25, 0.3) is 0 Å². The number of nitrogens with zero attached hydrogens (tertiary/aromatic N) is 2. The van der Waals surface area contributed by atoms with Gasteiger partial charge in [-0.05, 0) is 33.3 Å². The molecule has 2 aromatic rings. The molecule has 0 aliphatic heterocycles. The quantitative estimate of drug-likeness (QED) is 0.791. The predicted molar refractivity (Wildman–Crippen MR) is 97.6 cm³/mol. The highest BCUT2D eigenvalue weighted by molar-refractivity contribution is 7.84. The average Bonchev–Trinajstić information content (AvgIpc) is 2.57. The second-order valence-electron chi connectivity index (χ2n) is 6.39. The number of rotatable bonds is 6. The van der Waals surface area contributed by atoms with Gasteiger partial charge in [0, 0.05) is 24.0 Å². The van der Waals surface area contributed by atoms with Crippen LogP contribution in [0.3, 0.4) is 0 Å². The van der Waals surface area contributed by atoms with E-state index >= 15 is 4.39 Å². The summed E-state index contributed by atoms with van der Waals surface area (Å²) in [5.41, 5.74) is 0.336. The van der Waals surface area contributed by atoms with E-state index in [4.69, 9.17) is 16.3 Å². The van der Waals surface area contributed by atoms with E-state index in [9.17, 15) is 4.21 Å². The van der Waals surface area contributed by atoms with Gasteiger partial charge in [0.1, 0.15) is 0 Å². The first kappa shape index (κ1) is 19.8. The maximum absolute atomic E-state index is 15.0. The lowest BCUT2D eigenvalue weighted by Crippen LogP contribution is -2.35. The van der Waals surface area contributed by atoms with E-state index in [1.54, 1.807) is 12.1 Å². The number of nitrogens with one attached hydrogen (secondary N) is 1. The maximum Gasteiger partial charge on any atom is 0.238 e. The fourth-order valence-corrected chi connectivity index (χ4v) is 3.12.